The van der Waals surface area contributed by atoms with Gasteiger partial charge in [0.2, 0.25) is 0 Å². The Morgan fingerprint density at radius 3 is 2.88 bits per heavy atom. The molecule has 1 atom stereocenters. The summed E-state index contributed by atoms with van der Waals surface area (Å²) in [6.07, 6.45) is -0.506. The van der Waals surface area contributed by atoms with Crippen molar-refractivity contribution in [2.75, 3.05) is 32.8 Å². The minimum Gasteiger partial charge on any atom is -0.465 e. The van der Waals surface area contributed by atoms with E-state index < -0.39 is 12.1 Å². The van der Waals surface area contributed by atoms with Gasteiger partial charge in [-0.05, 0) is 6.92 Å². The van der Waals surface area contributed by atoms with Crippen LogP contribution >= 0.6 is 12.4 Å². The van der Waals surface area contributed by atoms with E-state index in [1.807, 2.05) is 0 Å². The van der Waals surface area contributed by atoms with Gasteiger partial charge in [0.25, 0.3) is 5.91 Å². The van der Waals surface area contributed by atoms with Gasteiger partial charge in [-0.25, -0.2) is 0 Å². The van der Waals surface area contributed by atoms with Crippen molar-refractivity contribution in [2.45, 2.75) is 13.0 Å². The first-order valence-corrected chi connectivity index (χ1v) is 4.99. The van der Waals surface area contributed by atoms with Gasteiger partial charge < -0.3 is 20.1 Å². The van der Waals surface area contributed by atoms with E-state index in [0.717, 1.165) is 6.54 Å². The van der Waals surface area contributed by atoms with Crippen molar-refractivity contribution in [2.24, 2.45) is 0 Å². The molecular weight excluding hydrogens is 236 g/mol. The number of morpholine rings is 1. The van der Waals surface area contributed by atoms with Crippen molar-refractivity contribution in [3.8, 4) is 0 Å². The van der Waals surface area contributed by atoms with Crippen LogP contribution in [-0.4, -0.2) is 50.8 Å². The number of carbonyl (C=O) groups excluding carboxylic acids is 2. The highest BCUT2D eigenvalue weighted by atomic mass is 35.5. The van der Waals surface area contributed by atoms with Gasteiger partial charge >= 0.3 is 5.97 Å². The van der Waals surface area contributed by atoms with E-state index in [-0.39, 0.29) is 24.9 Å². The van der Waals surface area contributed by atoms with Crippen LogP contribution in [0.4, 0.5) is 0 Å². The molecule has 1 aliphatic heterocycles. The van der Waals surface area contributed by atoms with Crippen LogP contribution in [0.5, 0.6) is 0 Å². The first-order chi connectivity index (χ1) is 7.24. The highest BCUT2D eigenvalue weighted by molar-refractivity contribution is 5.85. The molecule has 0 spiro atoms. The van der Waals surface area contributed by atoms with Crippen LogP contribution in [0, 0.1) is 0 Å². The van der Waals surface area contributed by atoms with Crippen LogP contribution in [0.1, 0.15) is 6.92 Å². The molecule has 1 aliphatic rings. The Labute approximate surface area is 100 Å². The normalized spacial score (nSPS) is 19.4. The van der Waals surface area contributed by atoms with E-state index in [0.29, 0.717) is 19.8 Å². The van der Waals surface area contributed by atoms with Crippen molar-refractivity contribution >= 4 is 24.3 Å². The average Bonchev–Trinajstić information content (AvgIpc) is 2.27. The molecule has 1 fully saturated rings. The lowest BCUT2D eigenvalue weighted by atomic mass is 10.3. The minimum absolute atomic E-state index is 0. The third kappa shape index (κ3) is 5.29. The van der Waals surface area contributed by atoms with Crippen molar-refractivity contribution in [1.82, 2.24) is 10.6 Å². The Hall–Kier alpha value is -0.850. The molecule has 1 saturated heterocycles. The number of rotatable bonds is 4. The van der Waals surface area contributed by atoms with E-state index in [2.05, 4.69) is 15.4 Å². The molecule has 0 saturated carbocycles. The molecule has 0 aromatic heterocycles. The summed E-state index contributed by atoms with van der Waals surface area (Å²) in [5.41, 5.74) is 0. The number of halogens is 1. The molecule has 1 rings (SSSR count). The molecule has 0 aromatic rings. The summed E-state index contributed by atoms with van der Waals surface area (Å²) in [5, 5.41) is 5.48. The van der Waals surface area contributed by atoms with Crippen molar-refractivity contribution in [3.05, 3.63) is 0 Å². The molecule has 1 amide bonds. The number of hydrogen-bond donors (Lipinski definition) is 2. The van der Waals surface area contributed by atoms with Crippen molar-refractivity contribution in [3.63, 3.8) is 0 Å². The fourth-order valence-electron chi connectivity index (χ4n) is 1.22. The minimum atomic E-state index is -0.506. The second-order valence-corrected chi connectivity index (χ2v) is 3.09. The molecule has 0 bridgehead atoms. The highest BCUT2D eigenvalue weighted by Crippen LogP contribution is 1.95. The van der Waals surface area contributed by atoms with Gasteiger partial charge in [0.1, 0.15) is 12.6 Å². The topological polar surface area (TPSA) is 76.7 Å². The lowest BCUT2D eigenvalue weighted by Crippen LogP contribution is -2.48. The van der Waals surface area contributed by atoms with Crippen LogP contribution in [0.2, 0.25) is 0 Å². The number of ether oxygens (including phenoxy) is 2. The predicted octanol–water partition coefficient (Wildman–Crippen LogP) is -0.924. The number of esters is 1. The van der Waals surface area contributed by atoms with Crippen LogP contribution in [0.25, 0.3) is 0 Å². The van der Waals surface area contributed by atoms with Crippen molar-refractivity contribution < 1.29 is 19.1 Å². The molecule has 0 aromatic carbocycles. The number of amides is 1. The molecular formula is C9H17ClN2O4. The summed E-state index contributed by atoms with van der Waals surface area (Å²) >= 11 is 0. The molecule has 16 heavy (non-hydrogen) atoms. The Kier molecular flexibility index (Phi) is 7.88. The molecule has 2 N–H and O–H groups in total. The quantitative estimate of drug-likeness (QED) is 0.633. The third-order valence-electron chi connectivity index (χ3n) is 1.93. The van der Waals surface area contributed by atoms with E-state index in [1.54, 1.807) is 6.92 Å². The lowest BCUT2D eigenvalue weighted by Gasteiger charge is -2.22. The summed E-state index contributed by atoms with van der Waals surface area (Å²) in [6.45, 7) is 3.67. The summed E-state index contributed by atoms with van der Waals surface area (Å²) in [4.78, 5) is 22.4. The van der Waals surface area contributed by atoms with E-state index in [9.17, 15) is 9.59 Å². The first kappa shape index (κ1) is 15.2. The lowest BCUT2D eigenvalue weighted by molar-refractivity contribution is -0.145. The second-order valence-electron chi connectivity index (χ2n) is 3.09. The largest absolute Gasteiger partial charge is 0.465 e. The summed E-state index contributed by atoms with van der Waals surface area (Å²) in [7, 11) is 0. The maximum Gasteiger partial charge on any atom is 0.325 e. The van der Waals surface area contributed by atoms with Crippen molar-refractivity contribution in [1.29, 1.82) is 0 Å². The van der Waals surface area contributed by atoms with Gasteiger partial charge in [0.15, 0.2) is 0 Å². The molecule has 6 nitrogen and oxygen atoms in total. The summed E-state index contributed by atoms with van der Waals surface area (Å²) in [5.74, 6) is -0.718. The van der Waals surface area contributed by atoms with Gasteiger partial charge in [-0.1, -0.05) is 0 Å². The zero-order valence-electron chi connectivity index (χ0n) is 9.15. The molecule has 1 heterocycles. The number of carbonyl (C=O) groups is 2. The van der Waals surface area contributed by atoms with Crippen LogP contribution < -0.4 is 10.6 Å². The number of nitrogens with one attached hydrogen (secondary N) is 2. The molecule has 94 valence electrons. The Bertz CT molecular complexity index is 232. The van der Waals surface area contributed by atoms with E-state index >= 15 is 0 Å². The van der Waals surface area contributed by atoms with Crippen LogP contribution in [0.15, 0.2) is 0 Å². The monoisotopic (exact) mass is 252 g/mol. The first-order valence-electron chi connectivity index (χ1n) is 4.99. The van der Waals surface area contributed by atoms with Gasteiger partial charge in [-0.15, -0.1) is 12.4 Å². The van der Waals surface area contributed by atoms with Gasteiger partial charge in [-0.3, -0.25) is 9.59 Å². The average molecular weight is 253 g/mol. The third-order valence-corrected chi connectivity index (χ3v) is 1.93. The molecule has 0 aliphatic carbocycles. The fourth-order valence-corrected chi connectivity index (χ4v) is 1.22. The molecule has 0 radical (unpaired) electrons. The molecule has 7 heteroatoms. The van der Waals surface area contributed by atoms with Crippen LogP contribution in [-0.2, 0) is 19.1 Å². The Morgan fingerprint density at radius 2 is 2.31 bits per heavy atom. The van der Waals surface area contributed by atoms with Gasteiger partial charge in [-0.2, -0.15) is 0 Å². The highest BCUT2D eigenvalue weighted by Gasteiger charge is 2.21. The standard InChI is InChI=1S/C9H16N2O4.ClH/c1-2-14-8(12)6-11-9(13)7-5-10-3-4-15-7;/h7,10H,2-6H2,1H3,(H,11,13);1H/t7-;/m0./s1. The maximum absolute atomic E-state index is 11.4. The zero-order chi connectivity index (χ0) is 11.1. The summed E-state index contributed by atoms with van der Waals surface area (Å²) < 4.78 is 9.87. The van der Waals surface area contributed by atoms with Gasteiger partial charge in [0, 0.05) is 13.1 Å². The van der Waals surface area contributed by atoms with Crippen LogP contribution in [0.3, 0.4) is 0 Å². The van der Waals surface area contributed by atoms with E-state index in [4.69, 9.17) is 4.74 Å². The predicted molar refractivity (Wildman–Crippen MR) is 59.5 cm³/mol. The SMILES string of the molecule is CCOC(=O)CNC(=O)[C@@H]1CNCCO1.Cl. The second kappa shape index (κ2) is 8.32. The number of hydrogen-bond acceptors (Lipinski definition) is 5. The Morgan fingerprint density at radius 1 is 1.56 bits per heavy atom. The summed E-state index contributed by atoms with van der Waals surface area (Å²) in [6, 6.07) is 0. The fraction of sp³-hybridized carbons (Fsp3) is 0.778. The van der Waals surface area contributed by atoms with Gasteiger partial charge in [0.05, 0.1) is 13.2 Å². The Balaban J connectivity index is 0.00000225. The zero-order valence-corrected chi connectivity index (χ0v) is 9.97. The maximum atomic E-state index is 11.4. The smallest absolute Gasteiger partial charge is 0.325 e. The van der Waals surface area contributed by atoms with E-state index in [1.165, 1.54) is 0 Å². The molecule has 0 unspecified atom stereocenters.